The maximum atomic E-state index is 13.2. The average molecular weight is 409 g/mol. The first-order chi connectivity index (χ1) is 14.5. The molecule has 0 bridgehead atoms. The Morgan fingerprint density at radius 3 is 2.67 bits per heavy atom. The summed E-state index contributed by atoms with van der Waals surface area (Å²) in [5.41, 5.74) is 1.25. The maximum absolute atomic E-state index is 13.2. The van der Waals surface area contributed by atoms with Crippen molar-refractivity contribution < 1.29 is 23.5 Å². The van der Waals surface area contributed by atoms with Crippen LogP contribution < -0.4 is 5.32 Å². The van der Waals surface area contributed by atoms with E-state index in [0.717, 1.165) is 6.26 Å². The van der Waals surface area contributed by atoms with Crippen LogP contribution in [0.1, 0.15) is 46.1 Å². The van der Waals surface area contributed by atoms with Crippen LogP contribution in [0.25, 0.3) is 16.6 Å². The number of rotatable bonds is 6. The van der Waals surface area contributed by atoms with Crippen LogP contribution in [-0.4, -0.2) is 36.7 Å². The fourth-order valence-electron chi connectivity index (χ4n) is 3.03. The molecule has 9 nitrogen and oxygen atoms in total. The van der Waals surface area contributed by atoms with Crippen molar-refractivity contribution in [1.82, 2.24) is 25.1 Å². The van der Waals surface area contributed by atoms with Crippen LogP contribution in [0.4, 0.5) is 4.39 Å². The zero-order chi connectivity index (χ0) is 21.3. The number of benzene rings is 1. The molecular weight excluding hydrogens is 393 g/mol. The third kappa shape index (κ3) is 3.50. The number of aromatic nitrogens is 4. The number of carboxylic acid groups (broad SMARTS) is 1. The molecule has 10 heteroatoms. The number of fused-ring (bicyclic) bond motifs is 1. The average Bonchev–Trinajstić information content (AvgIpc) is 3.40. The summed E-state index contributed by atoms with van der Waals surface area (Å²) in [7, 11) is 0. The number of halogens is 1. The minimum Gasteiger partial charge on any atom is -0.476 e. The third-order valence-electron chi connectivity index (χ3n) is 4.57. The number of amides is 1. The van der Waals surface area contributed by atoms with Gasteiger partial charge in [-0.05, 0) is 30.7 Å². The molecule has 4 aromatic rings. The second-order valence-corrected chi connectivity index (χ2v) is 6.46. The number of aromatic carboxylic acids is 1. The van der Waals surface area contributed by atoms with Crippen LogP contribution in [-0.2, 0) is 0 Å². The number of nitrogens with zero attached hydrogens (tertiary/aromatic N) is 4. The van der Waals surface area contributed by atoms with Gasteiger partial charge >= 0.3 is 5.97 Å². The van der Waals surface area contributed by atoms with Crippen LogP contribution in [0, 0.1) is 5.82 Å². The molecule has 0 radical (unpaired) electrons. The number of oxazole rings is 1. The van der Waals surface area contributed by atoms with Gasteiger partial charge in [0.05, 0.1) is 29.2 Å². The first kappa shape index (κ1) is 19.2. The fraction of sp³-hybridized carbons (Fsp3) is 0.150. The van der Waals surface area contributed by atoms with Crippen molar-refractivity contribution in [1.29, 1.82) is 0 Å². The molecule has 0 aliphatic carbocycles. The summed E-state index contributed by atoms with van der Waals surface area (Å²) in [5.74, 6) is -1.91. The van der Waals surface area contributed by atoms with Crippen LogP contribution in [0.5, 0.6) is 0 Å². The summed E-state index contributed by atoms with van der Waals surface area (Å²) in [6.45, 7) is 1.81. The minimum atomic E-state index is -1.21. The van der Waals surface area contributed by atoms with Gasteiger partial charge in [-0.2, -0.15) is 5.10 Å². The Morgan fingerprint density at radius 2 is 2.00 bits per heavy atom. The Hall–Kier alpha value is -4.08. The molecule has 3 aromatic heterocycles. The molecule has 3 heterocycles. The van der Waals surface area contributed by atoms with E-state index in [2.05, 4.69) is 20.4 Å². The highest BCUT2D eigenvalue weighted by Gasteiger charge is 2.22. The fourth-order valence-corrected chi connectivity index (χ4v) is 3.03. The molecule has 4 rings (SSSR count). The Labute approximate surface area is 169 Å². The molecule has 0 aliphatic rings. The summed E-state index contributed by atoms with van der Waals surface area (Å²) in [5, 5.41) is 16.6. The van der Waals surface area contributed by atoms with Crippen LogP contribution in [0.3, 0.4) is 0 Å². The van der Waals surface area contributed by atoms with E-state index in [9.17, 15) is 14.0 Å². The van der Waals surface area contributed by atoms with Gasteiger partial charge in [0.1, 0.15) is 18.1 Å². The van der Waals surface area contributed by atoms with E-state index >= 15 is 0 Å². The lowest BCUT2D eigenvalue weighted by molar-refractivity contribution is 0.0690. The zero-order valence-electron chi connectivity index (χ0n) is 15.7. The quantitative estimate of drug-likeness (QED) is 0.501. The molecule has 152 valence electrons. The summed E-state index contributed by atoms with van der Waals surface area (Å²) in [6.07, 6.45) is 5.97. The maximum Gasteiger partial charge on any atom is 0.357 e. The van der Waals surface area contributed by atoms with Gasteiger partial charge in [-0.1, -0.05) is 6.92 Å². The number of carbonyl (C=O) groups excluding carboxylic acids is 1. The lowest BCUT2D eigenvalue weighted by atomic mass is 10.1. The highest BCUT2D eigenvalue weighted by molar-refractivity contribution is 6.06. The summed E-state index contributed by atoms with van der Waals surface area (Å²) < 4.78 is 20.0. The van der Waals surface area contributed by atoms with Gasteiger partial charge in [-0.25, -0.2) is 18.9 Å². The van der Waals surface area contributed by atoms with Crippen molar-refractivity contribution in [2.24, 2.45) is 0 Å². The van der Waals surface area contributed by atoms with Crippen molar-refractivity contribution in [3.63, 3.8) is 0 Å². The van der Waals surface area contributed by atoms with Crippen molar-refractivity contribution in [2.45, 2.75) is 19.4 Å². The van der Waals surface area contributed by atoms with E-state index in [1.165, 1.54) is 24.5 Å². The van der Waals surface area contributed by atoms with Gasteiger partial charge in [0.15, 0.2) is 5.69 Å². The zero-order valence-corrected chi connectivity index (χ0v) is 15.7. The lowest BCUT2D eigenvalue weighted by Crippen LogP contribution is -2.28. The standard InChI is InChI=1S/C20H16FN5O4/c1-2-15(19-25-16(10-30-19)20(28)29)24-18(27)14-7-22-9-17-13(14)8-23-26(17)12-5-3-11(21)4-6-12/h3-10,15H,2H2,1H3,(H,24,27)(H,28,29)/t15-/m0/s1. The molecule has 2 N–H and O–H groups in total. The highest BCUT2D eigenvalue weighted by Crippen LogP contribution is 2.23. The number of hydrogen-bond donors (Lipinski definition) is 2. The number of carboxylic acids is 1. The molecule has 0 spiro atoms. The molecule has 1 atom stereocenters. The number of nitrogens with one attached hydrogen (secondary N) is 1. The van der Waals surface area contributed by atoms with Crippen molar-refractivity contribution >= 4 is 22.8 Å². The second kappa shape index (κ2) is 7.74. The second-order valence-electron chi connectivity index (χ2n) is 6.46. The first-order valence-electron chi connectivity index (χ1n) is 9.05. The van der Waals surface area contributed by atoms with Gasteiger partial charge in [0.2, 0.25) is 5.89 Å². The monoisotopic (exact) mass is 409 g/mol. The molecule has 0 saturated heterocycles. The van der Waals surface area contributed by atoms with Crippen molar-refractivity contribution in [3.8, 4) is 5.69 Å². The lowest BCUT2D eigenvalue weighted by Gasteiger charge is -2.13. The van der Waals surface area contributed by atoms with E-state index in [0.29, 0.717) is 23.0 Å². The van der Waals surface area contributed by atoms with Crippen LogP contribution in [0.2, 0.25) is 0 Å². The van der Waals surface area contributed by atoms with E-state index in [1.54, 1.807) is 29.9 Å². The van der Waals surface area contributed by atoms with Crippen molar-refractivity contribution in [2.75, 3.05) is 0 Å². The van der Waals surface area contributed by atoms with Crippen LogP contribution >= 0.6 is 0 Å². The summed E-state index contributed by atoms with van der Waals surface area (Å²) in [4.78, 5) is 31.9. The Kier molecular flexibility index (Phi) is 4.97. The Morgan fingerprint density at radius 1 is 1.23 bits per heavy atom. The minimum absolute atomic E-state index is 0.102. The first-order valence-corrected chi connectivity index (χ1v) is 9.05. The van der Waals surface area contributed by atoms with E-state index in [-0.39, 0.29) is 23.0 Å². The topological polar surface area (TPSA) is 123 Å². The van der Waals surface area contributed by atoms with E-state index in [1.807, 2.05) is 0 Å². The number of hydrogen-bond acceptors (Lipinski definition) is 6. The SMILES string of the molecule is CC[C@H](NC(=O)c1cncc2c1cnn2-c1ccc(F)cc1)c1nc(C(=O)O)co1. The predicted octanol–water partition coefficient (Wildman–Crippen LogP) is 3.13. The smallest absolute Gasteiger partial charge is 0.357 e. The number of carbonyl (C=O) groups is 2. The molecule has 1 amide bonds. The largest absolute Gasteiger partial charge is 0.476 e. The van der Waals surface area contributed by atoms with Gasteiger partial charge in [0.25, 0.3) is 5.91 Å². The normalized spacial score (nSPS) is 12.1. The van der Waals surface area contributed by atoms with Crippen LogP contribution in [0.15, 0.2) is 53.5 Å². The van der Waals surface area contributed by atoms with Gasteiger partial charge in [0, 0.05) is 11.6 Å². The molecule has 0 saturated carbocycles. The summed E-state index contributed by atoms with van der Waals surface area (Å²) >= 11 is 0. The van der Waals surface area contributed by atoms with Crippen molar-refractivity contribution in [3.05, 3.63) is 72.1 Å². The number of pyridine rings is 1. The van der Waals surface area contributed by atoms with Gasteiger partial charge in [-0.15, -0.1) is 0 Å². The predicted molar refractivity (Wildman–Crippen MR) is 103 cm³/mol. The molecule has 30 heavy (non-hydrogen) atoms. The van der Waals surface area contributed by atoms with Gasteiger partial charge in [-0.3, -0.25) is 9.78 Å². The summed E-state index contributed by atoms with van der Waals surface area (Å²) in [6, 6.07) is 5.17. The van der Waals surface area contributed by atoms with Gasteiger partial charge < -0.3 is 14.8 Å². The molecule has 0 fully saturated rings. The van der Waals surface area contributed by atoms with E-state index in [4.69, 9.17) is 9.52 Å². The Balaban J connectivity index is 1.64. The molecule has 0 aliphatic heterocycles. The third-order valence-corrected chi connectivity index (χ3v) is 4.57. The Bertz CT molecular complexity index is 1230. The van der Waals surface area contributed by atoms with E-state index < -0.39 is 17.9 Å². The molecule has 0 unspecified atom stereocenters. The molecular formula is C20H16FN5O4. The highest BCUT2D eigenvalue weighted by atomic mass is 19.1. The molecule has 1 aromatic carbocycles.